The maximum Gasteiger partial charge on any atom is 0.271 e. The molecular weight excluding hydrogens is 368 g/mol. The van der Waals surface area contributed by atoms with E-state index in [9.17, 15) is 25.0 Å². The van der Waals surface area contributed by atoms with Gasteiger partial charge in [0.15, 0.2) is 0 Å². The van der Waals surface area contributed by atoms with Gasteiger partial charge in [-0.3, -0.25) is 25.0 Å². The Labute approximate surface area is 157 Å². The molecule has 10 nitrogen and oxygen atoms in total. The van der Waals surface area contributed by atoms with Crippen molar-refractivity contribution in [2.45, 2.75) is 0 Å². The Hall–Kier alpha value is -4.34. The zero-order chi connectivity index (χ0) is 20.1. The number of non-ortho nitro benzene ring substituents is 2. The summed E-state index contributed by atoms with van der Waals surface area (Å²) in [6.07, 6.45) is 1.29. The molecule has 0 aliphatic rings. The number of carbonyl (C=O) groups excluding carboxylic acids is 1. The third-order valence-electron chi connectivity index (χ3n) is 3.69. The number of nitro benzene ring substituents is 2. The molecule has 0 atom stereocenters. The van der Waals surface area contributed by atoms with E-state index < -0.39 is 15.8 Å². The number of nitro groups is 2. The largest absolute Gasteiger partial charge is 0.455 e. The molecule has 28 heavy (non-hydrogen) atoms. The molecule has 0 bridgehead atoms. The van der Waals surface area contributed by atoms with Crippen molar-refractivity contribution in [3.05, 3.63) is 92.2 Å². The number of rotatable bonds is 6. The van der Waals surface area contributed by atoms with Gasteiger partial charge in [-0.15, -0.1) is 0 Å². The molecule has 0 aliphatic heterocycles. The Bertz CT molecular complexity index is 1050. The number of benzene rings is 2. The van der Waals surface area contributed by atoms with Crippen molar-refractivity contribution in [3.63, 3.8) is 0 Å². The average Bonchev–Trinajstić information content (AvgIpc) is 3.17. The summed E-state index contributed by atoms with van der Waals surface area (Å²) >= 11 is 0. The van der Waals surface area contributed by atoms with E-state index in [2.05, 4.69) is 10.5 Å². The minimum absolute atomic E-state index is 0.0222. The average molecular weight is 380 g/mol. The summed E-state index contributed by atoms with van der Waals surface area (Å²) in [6.45, 7) is 0. The molecule has 0 radical (unpaired) electrons. The normalized spacial score (nSPS) is 10.7. The molecule has 0 saturated carbocycles. The van der Waals surface area contributed by atoms with E-state index in [0.29, 0.717) is 17.1 Å². The van der Waals surface area contributed by atoms with Crippen LogP contribution in [0.25, 0.3) is 11.3 Å². The van der Waals surface area contributed by atoms with Gasteiger partial charge in [0.1, 0.15) is 11.5 Å². The van der Waals surface area contributed by atoms with Crippen molar-refractivity contribution in [2.24, 2.45) is 5.10 Å². The molecule has 1 amide bonds. The standard InChI is InChI=1S/C18H12N4O6/c23-18(13-3-7-15(8-4-13)22(26)27)20-19-11-16-9-10-17(28-16)12-1-5-14(6-2-12)21(24)25/h1-11H,(H,20,23). The summed E-state index contributed by atoms with van der Waals surface area (Å²) in [5.41, 5.74) is 3.02. The quantitative estimate of drug-likeness (QED) is 0.394. The number of hydrazone groups is 1. The van der Waals surface area contributed by atoms with Crippen LogP contribution in [0.1, 0.15) is 16.1 Å². The van der Waals surface area contributed by atoms with Gasteiger partial charge >= 0.3 is 0 Å². The van der Waals surface area contributed by atoms with E-state index >= 15 is 0 Å². The lowest BCUT2D eigenvalue weighted by atomic mass is 10.1. The smallest absolute Gasteiger partial charge is 0.271 e. The zero-order valence-electron chi connectivity index (χ0n) is 14.1. The van der Waals surface area contributed by atoms with E-state index in [1.807, 2.05) is 0 Å². The lowest BCUT2D eigenvalue weighted by Gasteiger charge is -1.99. The first kappa shape index (κ1) is 18.5. The number of nitrogens with zero attached hydrogens (tertiary/aromatic N) is 3. The summed E-state index contributed by atoms with van der Waals surface area (Å²) in [6, 6.07) is 14.3. The third-order valence-corrected chi connectivity index (χ3v) is 3.69. The van der Waals surface area contributed by atoms with E-state index in [0.717, 1.165) is 0 Å². The van der Waals surface area contributed by atoms with E-state index in [4.69, 9.17) is 4.42 Å². The van der Waals surface area contributed by atoms with Gasteiger partial charge in [0.05, 0.1) is 16.1 Å². The number of nitrogens with one attached hydrogen (secondary N) is 1. The Balaban J connectivity index is 1.62. The van der Waals surface area contributed by atoms with Crippen LogP contribution in [-0.4, -0.2) is 22.0 Å². The molecule has 0 fully saturated rings. The second kappa shape index (κ2) is 7.91. The molecule has 0 aliphatic carbocycles. The van der Waals surface area contributed by atoms with Crippen LogP contribution in [-0.2, 0) is 0 Å². The molecule has 3 aromatic rings. The Kier molecular flexibility index (Phi) is 5.21. The fourth-order valence-electron chi connectivity index (χ4n) is 2.28. The van der Waals surface area contributed by atoms with Crippen molar-refractivity contribution < 1.29 is 19.1 Å². The second-order valence-corrected chi connectivity index (χ2v) is 5.51. The summed E-state index contributed by atoms with van der Waals surface area (Å²) in [5, 5.41) is 25.1. The number of carbonyl (C=O) groups is 1. The first-order valence-corrected chi connectivity index (χ1v) is 7.86. The fraction of sp³-hybridized carbons (Fsp3) is 0. The molecular formula is C18H12N4O6. The van der Waals surface area contributed by atoms with Crippen LogP contribution < -0.4 is 5.43 Å². The first-order valence-electron chi connectivity index (χ1n) is 7.86. The van der Waals surface area contributed by atoms with E-state index in [-0.39, 0.29) is 16.9 Å². The van der Waals surface area contributed by atoms with Gasteiger partial charge in [0, 0.05) is 35.4 Å². The number of amides is 1. The van der Waals surface area contributed by atoms with Gasteiger partial charge in [0.25, 0.3) is 17.3 Å². The lowest BCUT2D eigenvalue weighted by Crippen LogP contribution is -2.17. The van der Waals surface area contributed by atoms with Gasteiger partial charge in [-0.1, -0.05) is 0 Å². The van der Waals surface area contributed by atoms with Crippen molar-refractivity contribution >= 4 is 23.5 Å². The van der Waals surface area contributed by atoms with Crippen LogP contribution in [0.4, 0.5) is 11.4 Å². The number of hydrogen-bond donors (Lipinski definition) is 1. The highest BCUT2D eigenvalue weighted by molar-refractivity contribution is 5.94. The van der Waals surface area contributed by atoms with Crippen molar-refractivity contribution in [1.82, 2.24) is 5.43 Å². The highest BCUT2D eigenvalue weighted by Crippen LogP contribution is 2.24. The minimum atomic E-state index is -0.556. The summed E-state index contributed by atoms with van der Waals surface area (Å²) in [4.78, 5) is 32.2. The molecule has 0 unspecified atom stereocenters. The first-order chi connectivity index (χ1) is 13.4. The Morgan fingerprint density at radius 1 is 0.893 bits per heavy atom. The molecule has 1 heterocycles. The predicted octanol–water partition coefficient (Wildman–Crippen LogP) is 3.53. The highest BCUT2D eigenvalue weighted by atomic mass is 16.6. The topological polar surface area (TPSA) is 141 Å². The molecule has 3 rings (SSSR count). The van der Waals surface area contributed by atoms with Crippen molar-refractivity contribution in [2.75, 3.05) is 0 Å². The monoisotopic (exact) mass is 380 g/mol. The summed E-state index contributed by atoms with van der Waals surface area (Å²) in [7, 11) is 0. The minimum Gasteiger partial charge on any atom is -0.455 e. The Morgan fingerprint density at radius 3 is 2.04 bits per heavy atom. The van der Waals surface area contributed by atoms with Gasteiger partial charge in [0.2, 0.25) is 0 Å². The second-order valence-electron chi connectivity index (χ2n) is 5.51. The third kappa shape index (κ3) is 4.25. The predicted molar refractivity (Wildman–Crippen MR) is 99.0 cm³/mol. The Morgan fingerprint density at radius 2 is 1.46 bits per heavy atom. The molecule has 1 aromatic heterocycles. The summed E-state index contributed by atoms with van der Waals surface area (Å²) in [5.74, 6) is 0.309. The molecule has 1 N–H and O–H groups in total. The van der Waals surface area contributed by atoms with Crippen LogP contribution >= 0.6 is 0 Å². The number of furan rings is 1. The SMILES string of the molecule is O=C(NN=Cc1ccc(-c2ccc([N+](=O)[O-])cc2)o1)c1ccc([N+](=O)[O-])cc1. The van der Waals surface area contributed by atoms with Crippen LogP contribution in [0.3, 0.4) is 0 Å². The van der Waals surface area contributed by atoms with Crippen LogP contribution in [0.5, 0.6) is 0 Å². The highest BCUT2D eigenvalue weighted by Gasteiger charge is 2.10. The molecule has 0 saturated heterocycles. The maximum absolute atomic E-state index is 11.9. The molecule has 10 heteroatoms. The molecule has 140 valence electrons. The van der Waals surface area contributed by atoms with Gasteiger partial charge in [-0.05, 0) is 36.4 Å². The van der Waals surface area contributed by atoms with E-state index in [1.54, 1.807) is 24.3 Å². The number of hydrogen-bond acceptors (Lipinski definition) is 7. The zero-order valence-corrected chi connectivity index (χ0v) is 14.1. The molecule has 2 aromatic carbocycles. The van der Waals surface area contributed by atoms with Gasteiger partial charge in [-0.25, -0.2) is 5.43 Å². The fourth-order valence-corrected chi connectivity index (χ4v) is 2.28. The van der Waals surface area contributed by atoms with Gasteiger partial charge in [-0.2, -0.15) is 5.10 Å². The van der Waals surface area contributed by atoms with Gasteiger partial charge < -0.3 is 4.42 Å². The van der Waals surface area contributed by atoms with Crippen molar-refractivity contribution in [1.29, 1.82) is 0 Å². The van der Waals surface area contributed by atoms with Crippen molar-refractivity contribution in [3.8, 4) is 11.3 Å². The van der Waals surface area contributed by atoms with Crippen LogP contribution in [0.15, 0.2) is 70.2 Å². The maximum atomic E-state index is 11.9. The van der Waals surface area contributed by atoms with Crippen LogP contribution in [0, 0.1) is 20.2 Å². The van der Waals surface area contributed by atoms with E-state index in [1.165, 1.54) is 42.6 Å². The van der Waals surface area contributed by atoms with Crippen LogP contribution in [0.2, 0.25) is 0 Å². The lowest BCUT2D eigenvalue weighted by molar-refractivity contribution is -0.385. The molecule has 0 spiro atoms. The summed E-state index contributed by atoms with van der Waals surface area (Å²) < 4.78 is 5.55.